The summed E-state index contributed by atoms with van der Waals surface area (Å²) < 4.78 is 0. The zero-order valence-corrected chi connectivity index (χ0v) is 16.7. The monoisotopic (exact) mass is 632 g/mol. The summed E-state index contributed by atoms with van der Waals surface area (Å²) in [4.78, 5) is 6.50. The van der Waals surface area contributed by atoms with E-state index in [1.807, 2.05) is 0 Å². The molecule has 0 aromatic rings. The normalized spacial score (nSPS) is 2.15. The van der Waals surface area contributed by atoms with Crippen LogP contribution in [0.5, 0.6) is 0 Å². The molecule has 0 bridgehead atoms. The van der Waals surface area contributed by atoms with E-state index in [2.05, 4.69) is 64.1 Å². The van der Waals surface area contributed by atoms with Crippen molar-refractivity contribution in [1.29, 1.82) is 21.0 Å². The molecule has 0 heterocycles. The Morgan fingerprint density at radius 3 is 0.538 bits per heavy atom. The van der Waals surface area contributed by atoms with Crippen LogP contribution < -0.4 is 0 Å². The van der Waals surface area contributed by atoms with E-state index >= 15 is 0 Å². The van der Waals surface area contributed by atoms with Gasteiger partial charge in [0.05, 0.1) is 0 Å². The number of hydrogen-bond donors (Lipinski definition) is 0. The minimum atomic E-state index is 0. The van der Waals surface area contributed by atoms with Gasteiger partial charge in [-0.2, -0.15) is 0 Å². The van der Waals surface area contributed by atoms with Crippen molar-refractivity contribution in [3.63, 3.8) is 0 Å². The summed E-state index contributed by atoms with van der Waals surface area (Å²) in [5.74, 6) is 0. The summed E-state index contributed by atoms with van der Waals surface area (Å²) in [7, 11) is 0. The van der Waals surface area contributed by atoms with Crippen LogP contribution in [0.4, 0.5) is 0 Å². The molecule has 0 saturated heterocycles. The SMILES string of the molecule is N#C[Se-].N#C[Se-].N#C[Se-].N#C[Se-].[Pb+4]. The first-order valence-corrected chi connectivity index (χ1v) is 5.14. The molecule has 0 aliphatic heterocycles. The summed E-state index contributed by atoms with van der Waals surface area (Å²) in [5, 5.41) is 29.1. The molecule has 0 atom stereocenters. The second-order valence-electron chi connectivity index (χ2n) is 0.365. The Bertz CT molecular complexity index is 158. The minimum Gasteiger partial charge on any atom is 4.00 e. The first-order chi connectivity index (χ1) is 5.66. The molecule has 0 rings (SSSR count). The second kappa shape index (κ2) is 75.4. The molecular formula is C4N4PbSe4. The Kier molecular flexibility index (Phi) is 169. The third kappa shape index (κ3) is 1690. The first kappa shape index (κ1) is 29.2. The molecule has 9 heteroatoms. The Morgan fingerprint density at radius 2 is 0.538 bits per heavy atom. The van der Waals surface area contributed by atoms with Gasteiger partial charge in [0, 0.05) is 0 Å². The van der Waals surface area contributed by atoms with Crippen molar-refractivity contribution >= 4 is 91.3 Å². The molecule has 0 saturated carbocycles. The number of rotatable bonds is 0. The maximum atomic E-state index is 7.26. The fourth-order valence-electron chi connectivity index (χ4n) is 0. The number of nitrogens with zero attached hydrogens (tertiary/aromatic N) is 4. The van der Waals surface area contributed by atoms with E-state index in [1.54, 1.807) is 19.9 Å². The number of nitriles is 4. The van der Waals surface area contributed by atoms with E-state index in [0.717, 1.165) is 0 Å². The molecule has 0 N–H and O–H groups in total. The van der Waals surface area contributed by atoms with Crippen molar-refractivity contribution in [2.24, 2.45) is 0 Å². The Balaban J connectivity index is -0.0000000213. The smallest absolute Gasteiger partial charge is 4.00 e. The fraction of sp³-hybridized carbons (Fsp3) is 0. The van der Waals surface area contributed by atoms with Crippen molar-refractivity contribution in [2.45, 2.75) is 0 Å². The molecule has 0 spiro atoms. The maximum absolute atomic E-state index is 7.26. The van der Waals surface area contributed by atoms with Gasteiger partial charge in [0.1, 0.15) is 0 Å². The molecule has 0 fully saturated rings. The Morgan fingerprint density at radius 1 is 0.538 bits per heavy atom. The van der Waals surface area contributed by atoms with E-state index < -0.39 is 0 Å². The van der Waals surface area contributed by atoms with Gasteiger partial charge in [-0.3, -0.25) is 0 Å². The van der Waals surface area contributed by atoms with Gasteiger partial charge in [-0.05, 0) is 0 Å². The largest absolute Gasteiger partial charge is 4.00 e. The van der Waals surface area contributed by atoms with Crippen LogP contribution in [-0.4, -0.2) is 91.3 Å². The van der Waals surface area contributed by atoms with Crippen LogP contribution in [0.25, 0.3) is 0 Å². The molecule has 0 radical (unpaired) electrons. The van der Waals surface area contributed by atoms with Gasteiger partial charge >= 0.3 is 132 Å². The third-order valence-corrected chi connectivity index (χ3v) is 0. The summed E-state index contributed by atoms with van der Waals surface area (Å²) in [6, 6.07) is 0. The molecule has 13 heavy (non-hydrogen) atoms. The van der Waals surface area contributed by atoms with Gasteiger partial charge in [0.15, 0.2) is 0 Å². The zero-order valence-electron chi connectivity index (χ0n) is 5.92. The van der Waals surface area contributed by atoms with Crippen LogP contribution in [0, 0.1) is 40.9 Å². The summed E-state index contributed by atoms with van der Waals surface area (Å²) in [5.41, 5.74) is 0. The van der Waals surface area contributed by atoms with Crippen LogP contribution in [0.1, 0.15) is 0 Å². The summed E-state index contributed by atoms with van der Waals surface area (Å²) >= 11 is 8.44. The predicted molar refractivity (Wildman–Crippen MR) is 51.2 cm³/mol. The minimum absolute atomic E-state index is 0. The van der Waals surface area contributed by atoms with E-state index in [0.29, 0.717) is 0 Å². The van der Waals surface area contributed by atoms with E-state index in [-0.39, 0.29) is 27.3 Å². The zero-order chi connectivity index (χ0) is 10.8. The van der Waals surface area contributed by atoms with Gasteiger partial charge < -0.3 is 0 Å². The quantitative estimate of drug-likeness (QED) is 0.296. The summed E-state index contributed by atoms with van der Waals surface area (Å²) in [6.45, 7) is 0. The van der Waals surface area contributed by atoms with Crippen LogP contribution in [0.15, 0.2) is 0 Å². The van der Waals surface area contributed by atoms with Crippen molar-refractivity contribution in [2.75, 3.05) is 0 Å². The fourth-order valence-corrected chi connectivity index (χ4v) is 0. The van der Waals surface area contributed by atoms with Gasteiger partial charge in [0.25, 0.3) is 0 Å². The van der Waals surface area contributed by atoms with E-state index in [4.69, 9.17) is 21.0 Å². The van der Waals surface area contributed by atoms with Crippen LogP contribution >= 0.6 is 0 Å². The van der Waals surface area contributed by atoms with Gasteiger partial charge in [-0.15, -0.1) is 0 Å². The van der Waals surface area contributed by atoms with Crippen molar-refractivity contribution < 1.29 is 0 Å². The average Bonchev–Trinajstić information content (AvgIpc) is 1.92. The second-order valence-corrected chi connectivity index (χ2v) is 1.90. The van der Waals surface area contributed by atoms with Crippen molar-refractivity contribution in [3.05, 3.63) is 0 Å². The van der Waals surface area contributed by atoms with E-state index in [1.165, 1.54) is 0 Å². The molecule has 4 nitrogen and oxygen atoms in total. The Labute approximate surface area is 130 Å². The van der Waals surface area contributed by atoms with Crippen molar-refractivity contribution in [1.82, 2.24) is 0 Å². The van der Waals surface area contributed by atoms with Gasteiger partial charge in [0.2, 0.25) is 0 Å². The van der Waals surface area contributed by atoms with Crippen LogP contribution in [0.2, 0.25) is 0 Å². The molecule has 0 aromatic carbocycles. The average molecular weight is 627 g/mol. The molecule has 0 aliphatic carbocycles. The van der Waals surface area contributed by atoms with Gasteiger partial charge in [-0.25, -0.2) is 0 Å². The maximum Gasteiger partial charge on any atom is 4.00 e. The van der Waals surface area contributed by atoms with Gasteiger partial charge in [-0.1, -0.05) is 0 Å². The van der Waals surface area contributed by atoms with Crippen molar-refractivity contribution in [3.8, 4) is 19.9 Å². The Hall–Kier alpha value is 0.960. The topological polar surface area (TPSA) is 95.2 Å². The molecule has 0 aromatic heterocycles. The molecule has 64 valence electrons. The molecular weight excluding hydrogens is 627 g/mol. The third-order valence-electron chi connectivity index (χ3n) is 0. The molecule has 0 unspecified atom stereocenters. The standard InChI is InChI=1S/4CHNSe.Pb/c4*2-1-3;/h4*3H;/q;;;;+4/p-4. The van der Waals surface area contributed by atoms with E-state index in [9.17, 15) is 0 Å². The number of hydrogen-bond acceptors (Lipinski definition) is 4. The van der Waals surface area contributed by atoms with Crippen LogP contribution in [0.3, 0.4) is 0 Å². The molecule has 0 amide bonds. The predicted octanol–water partition coefficient (Wildman–Crippen LogP) is -1.84. The molecule has 0 aliphatic rings. The summed E-state index contributed by atoms with van der Waals surface area (Å²) in [6.07, 6.45) is 0. The first-order valence-electron chi connectivity index (χ1n) is 1.71. The van der Waals surface area contributed by atoms with Crippen LogP contribution in [-0.2, 0) is 0 Å².